The van der Waals surface area contributed by atoms with E-state index in [2.05, 4.69) is 26.6 Å². The van der Waals surface area contributed by atoms with Crippen molar-refractivity contribution in [1.29, 1.82) is 5.26 Å². The van der Waals surface area contributed by atoms with Crippen LogP contribution in [0.4, 0.5) is 10.5 Å². The molecule has 0 bridgehead atoms. The summed E-state index contributed by atoms with van der Waals surface area (Å²) in [6.07, 6.45) is 2.74. The van der Waals surface area contributed by atoms with Crippen molar-refractivity contribution in [2.24, 2.45) is 0 Å². The number of nitrogens with one attached hydrogen (secondary N) is 2. The average molecular weight is 385 g/mol. The number of urea groups is 1. The zero-order chi connectivity index (χ0) is 20.2. The number of carbonyl (C=O) groups excluding carboxylic acids is 1. The van der Waals surface area contributed by atoms with E-state index in [1.165, 1.54) is 5.56 Å². The van der Waals surface area contributed by atoms with E-state index < -0.39 is 0 Å². The summed E-state index contributed by atoms with van der Waals surface area (Å²) in [6, 6.07) is 17.5. The number of amides is 2. The van der Waals surface area contributed by atoms with Gasteiger partial charge in [0, 0.05) is 48.3 Å². The molecule has 0 radical (unpaired) electrons. The molecule has 1 aliphatic heterocycles. The van der Waals surface area contributed by atoms with Gasteiger partial charge in [-0.25, -0.2) is 4.79 Å². The van der Waals surface area contributed by atoms with Gasteiger partial charge in [0.05, 0.1) is 17.3 Å². The number of fused-ring (bicyclic) bond motifs is 1. The van der Waals surface area contributed by atoms with Gasteiger partial charge in [-0.2, -0.15) is 5.26 Å². The number of carbonyl (C=O) groups is 1. The van der Waals surface area contributed by atoms with Gasteiger partial charge in [0.25, 0.3) is 0 Å². The van der Waals surface area contributed by atoms with E-state index in [1.807, 2.05) is 61.7 Å². The highest BCUT2D eigenvalue weighted by atomic mass is 16.2. The minimum Gasteiger partial charge on any atom is -0.334 e. The van der Waals surface area contributed by atoms with Crippen LogP contribution in [0.3, 0.4) is 0 Å². The summed E-state index contributed by atoms with van der Waals surface area (Å²) in [7, 11) is 0. The molecule has 1 fully saturated rings. The van der Waals surface area contributed by atoms with E-state index in [1.54, 1.807) is 0 Å². The summed E-state index contributed by atoms with van der Waals surface area (Å²) in [5, 5.41) is 17.0. The number of pyridine rings is 1. The summed E-state index contributed by atoms with van der Waals surface area (Å²) in [6.45, 7) is 4.51. The molecule has 1 atom stereocenters. The van der Waals surface area contributed by atoms with Gasteiger partial charge < -0.3 is 10.6 Å². The maximum atomic E-state index is 12.5. The molecule has 2 aromatic carbocycles. The van der Waals surface area contributed by atoms with Gasteiger partial charge in [-0.1, -0.05) is 24.3 Å². The third-order valence-corrected chi connectivity index (χ3v) is 5.25. The number of hydrogen-bond acceptors (Lipinski definition) is 4. The Morgan fingerprint density at radius 2 is 2.10 bits per heavy atom. The normalized spacial score (nSPS) is 16.5. The van der Waals surface area contributed by atoms with Gasteiger partial charge in [0.15, 0.2) is 0 Å². The average Bonchev–Trinajstić information content (AvgIpc) is 3.15. The van der Waals surface area contributed by atoms with Crippen molar-refractivity contribution in [3.63, 3.8) is 0 Å². The summed E-state index contributed by atoms with van der Waals surface area (Å²) in [4.78, 5) is 19.2. The van der Waals surface area contributed by atoms with Gasteiger partial charge in [0.1, 0.15) is 0 Å². The van der Waals surface area contributed by atoms with Crippen LogP contribution in [0.25, 0.3) is 10.8 Å². The first-order chi connectivity index (χ1) is 14.1. The molecular formula is C23H23N5O. The molecule has 29 heavy (non-hydrogen) atoms. The maximum Gasteiger partial charge on any atom is 0.319 e. The van der Waals surface area contributed by atoms with Crippen molar-refractivity contribution < 1.29 is 4.79 Å². The van der Waals surface area contributed by atoms with Gasteiger partial charge in [-0.15, -0.1) is 0 Å². The van der Waals surface area contributed by atoms with Crippen LogP contribution in [0.1, 0.15) is 23.2 Å². The van der Waals surface area contributed by atoms with Crippen LogP contribution < -0.4 is 10.6 Å². The second-order valence-electron chi connectivity index (χ2n) is 7.48. The van der Waals surface area contributed by atoms with Crippen molar-refractivity contribution in [1.82, 2.24) is 15.2 Å². The molecular weight excluding hydrogens is 362 g/mol. The van der Waals surface area contributed by atoms with Crippen LogP contribution in [0.15, 0.2) is 54.7 Å². The van der Waals surface area contributed by atoms with Gasteiger partial charge in [0.2, 0.25) is 0 Å². The Bertz CT molecular complexity index is 1070. The van der Waals surface area contributed by atoms with Crippen LogP contribution in [0, 0.1) is 18.3 Å². The molecule has 4 rings (SSSR count). The molecule has 0 spiro atoms. The summed E-state index contributed by atoms with van der Waals surface area (Å²) in [5.74, 6) is 0. The van der Waals surface area contributed by atoms with E-state index >= 15 is 0 Å². The van der Waals surface area contributed by atoms with Crippen LogP contribution >= 0.6 is 0 Å². The predicted octanol–water partition coefficient (Wildman–Crippen LogP) is 3.81. The molecule has 6 nitrogen and oxygen atoms in total. The number of hydrogen-bond donors (Lipinski definition) is 2. The molecule has 2 heterocycles. The van der Waals surface area contributed by atoms with Crippen molar-refractivity contribution in [2.75, 3.05) is 18.4 Å². The van der Waals surface area contributed by atoms with Crippen molar-refractivity contribution in [3.05, 3.63) is 71.5 Å². The monoisotopic (exact) mass is 385 g/mol. The Kier molecular flexibility index (Phi) is 5.41. The zero-order valence-electron chi connectivity index (χ0n) is 16.4. The number of likely N-dealkylation sites (tertiary alicyclic amines) is 1. The number of aromatic nitrogens is 1. The number of nitrogens with zero attached hydrogens (tertiary/aromatic N) is 3. The Balaban J connectivity index is 1.34. The van der Waals surface area contributed by atoms with Gasteiger partial charge in [-0.3, -0.25) is 9.88 Å². The highest BCUT2D eigenvalue weighted by Crippen LogP contribution is 2.23. The topological polar surface area (TPSA) is 81.0 Å². The maximum absolute atomic E-state index is 12.5. The fourth-order valence-corrected chi connectivity index (χ4v) is 3.76. The molecule has 3 aromatic rings. The number of nitriles is 1. The first-order valence-corrected chi connectivity index (χ1v) is 9.75. The molecule has 1 aliphatic rings. The Morgan fingerprint density at radius 3 is 2.90 bits per heavy atom. The largest absolute Gasteiger partial charge is 0.334 e. The molecule has 0 aliphatic carbocycles. The molecule has 1 aromatic heterocycles. The second-order valence-corrected chi connectivity index (χ2v) is 7.48. The standard InChI is InChI=1S/C23H23N5O/c1-16-11-21-19(13-25-16)3-2-4-22(21)27-23(29)26-20-9-10-28(15-20)14-18-7-5-17(12-24)6-8-18/h2-8,11,13,20H,9-10,14-15H2,1H3,(H2,26,27,29). The second kappa shape index (κ2) is 8.29. The van der Waals surface area contributed by atoms with E-state index in [-0.39, 0.29) is 12.1 Å². The van der Waals surface area contributed by atoms with E-state index in [0.29, 0.717) is 5.56 Å². The molecule has 2 amide bonds. The SMILES string of the molecule is Cc1cc2c(NC(=O)NC3CCN(Cc4ccc(C#N)cc4)C3)cccc2cn1. The summed E-state index contributed by atoms with van der Waals surface area (Å²) < 4.78 is 0. The van der Waals surface area contributed by atoms with Crippen LogP contribution in [-0.2, 0) is 6.54 Å². The minimum atomic E-state index is -0.183. The molecule has 2 N–H and O–H groups in total. The molecule has 1 saturated heterocycles. The predicted molar refractivity (Wildman–Crippen MR) is 113 cm³/mol. The van der Waals surface area contributed by atoms with Gasteiger partial charge in [-0.05, 0) is 43.2 Å². The Hall–Kier alpha value is -3.43. The lowest BCUT2D eigenvalue weighted by Crippen LogP contribution is -2.39. The first kappa shape index (κ1) is 18.9. The van der Waals surface area contributed by atoms with Gasteiger partial charge >= 0.3 is 6.03 Å². The Morgan fingerprint density at radius 1 is 1.28 bits per heavy atom. The molecule has 0 saturated carbocycles. The van der Waals surface area contributed by atoms with Crippen molar-refractivity contribution in [3.8, 4) is 6.07 Å². The number of aryl methyl sites for hydroxylation is 1. The highest BCUT2D eigenvalue weighted by Gasteiger charge is 2.24. The lowest BCUT2D eigenvalue weighted by molar-refractivity contribution is 0.247. The van der Waals surface area contributed by atoms with Crippen molar-refractivity contribution in [2.45, 2.75) is 25.9 Å². The smallest absolute Gasteiger partial charge is 0.319 e. The fourth-order valence-electron chi connectivity index (χ4n) is 3.76. The fraction of sp³-hybridized carbons (Fsp3) is 0.261. The lowest BCUT2D eigenvalue weighted by atomic mass is 10.1. The molecule has 146 valence electrons. The van der Waals surface area contributed by atoms with Crippen molar-refractivity contribution >= 4 is 22.5 Å². The van der Waals surface area contributed by atoms with E-state index in [9.17, 15) is 4.79 Å². The third-order valence-electron chi connectivity index (χ3n) is 5.25. The van der Waals surface area contributed by atoms with Crippen LogP contribution in [0.2, 0.25) is 0 Å². The lowest BCUT2D eigenvalue weighted by Gasteiger charge is -2.17. The van der Waals surface area contributed by atoms with E-state index in [4.69, 9.17) is 5.26 Å². The number of benzene rings is 2. The molecule has 6 heteroatoms. The van der Waals surface area contributed by atoms with Crippen LogP contribution in [-0.4, -0.2) is 35.0 Å². The highest BCUT2D eigenvalue weighted by molar-refractivity contribution is 6.01. The summed E-state index contributed by atoms with van der Waals surface area (Å²) in [5.41, 5.74) is 3.55. The van der Waals surface area contributed by atoms with E-state index in [0.717, 1.165) is 48.2 Å². The third kappa shape index (κ3) is 4.53. The number of rotatable bonds is 4. The number of anilines is 1. The van der Waals surface area contributed by atoms with Crippen LogP contribution in [0.5, 0.6) is 0 Å². The minimum absolute atomic E-state index is 0.117. The zero-order valence-corrected chi connectivity index (χ0v) is 16.4. The summed E-state index contributed by atoms with van der Waals surface area (Å²) >= 11 is 0. The first-order valence-electron chi connectivity index (χ1n) is 9.75. The quantitative estimate of drug-likeness (QED) is 0.716. The molecule has 1 unspecified atom stereocenters. The Labute approximate surface area is 170 Å².